The van der Waals surface area contributed by atoms with Gasteiger partial charge in [0, 0.05) is 18.7 Å². The Labute approximate surface area is 86.1 Å². The summed E-state index contributed by atoms with van der Waals surface area (Å²) in [5.74, 6) is 0. The van der Waals surface area contributed by atoms with E-state index in [9.17, 15) is 13.2 Å². The van der Waals surface area contributed by atoms with Crippen LogP contribution in [0.25, 0.3) is 0 Å². The molecule has 0 radical (unpaired) electrons. The van der Waals surface area contributed by atoms with Crippen molar-refractivity contribution in [3.05, 3.63) is 18.2 Å². The molecule has 1 rings (SSSR count). The molecule has 3 nitrogen and oxygen atoms in total. The average molecular weight is 221 g/mol. The van der Waals surface area contributed by atoms with Crippen LogP contribution in [-0.4, -0.2) is 21.8 Å². The Hall–Kier alpha value is -1.04. The normalized spacial score (nSPS) is 14.2. The van der Waals surface area contributed by atoms with Crippen LogP contribution in [0.2, 0.25) is 0 Å². The molecule has 1 heterocycles. The largest absolute Gasteiger partial charge is 0.406 e. The Morgan fingerprint density at radius 1 is 1.53 bits per heavy atom. The van der Waals surface area contributed by atoms with Gasteiger partial charge in [0.05, 0.1) is 12.0 Å². The summed E-state index contributed by atoms with van der Waals surface area (Å²) in [5, 5.41) is 0. The number of imidazole rings is 1. The van der Waals surface area contributed by atoms with E-state index in [2.05, 4.69) is 4.98 Å². The van der Waals surface area contributed by atoms with Crippen molar-refractivity contribution in [2.45, 2.75) is 38.5 Å². The van der Waals surface area contributed by atoms with Gasteiger partial charge < -0.3 is 10.3 Å². The lowest BCUT2D eigenvalue weighted by Crippen LogP contribution is -2.21. The first-order valence-corrected chi connectivity index (χ1v) is 4.73. The van der Waals surface area contributed by atoms with Crippen molar-refractivity contribution in [3.63, 3.8) is 0 Å². The Balaban J connectivity index is 2.56. The summed E-state index contributed by atoms with van der Waals surface area (Å²) in [6, 6.07) is -0.0424. The Morgan fingerprint density at radius 3 is 2.73 bits per heavy atom. The van der Waals surface area contributed by atoms with E-state index in [-0.39, 0.29) is 6.04 Å². The fourth-order valence-electron chi connectivity index (χ4n) is 1.22. The second-order valence-corrected chi connectivity index (χ2v) is 3.52. The number of nitrogens with two attached hydrogens (primary N) is 1. The Morgan fingerprint density at radius 2 is 2.20 bits per heavy atom. The van der Waals surface area contributed by atoms with Crippen molar-refractivity contribution in [1.82, 2.24) is 9.55 Å². The maximum atomic E-state index is 12.0. The van der Waals surface area contributed by atoms with E-state index in [1.165, 1.54) is 12.5 Å². The van der Waals surface area contributed by atoms with Crippen LogP contribution in [0, 0.1) is 0 Å². The molecule has 2 N–H and O–H groups in total. The minimum absolute atomic E-state index is 0.0424. The molecule has 86 valence electrons. The highest BCUT2D eigenvalue weighted by atomic mass is 19.4. The summed E-state index contributed by atoms with van der Waals surface area (Å²) in [4.78, 5) is 3.87. The molecule has 1 aromatic rings. The Kier molecular flexibility index (Phi) is 3.73. The van der Waals surface area contributed by atoms with E-state index in [1.807, 2.05) is 6.92 Å². The Bertz CT molecular complexity index is 306. The van der Waals surface area contributed by atoms with Crippen LogP contribution >= 0.6 is 0 Å². The minimum Gasteiger partial charge on any atom is -0.328 e. The first kappa shape index (κ1) is 12.0. The fourth-order valence-corrected chi connectivity index (χ4v) is 1.22. The molecule has 0 saturated carbocycles. The number of alkyl halides is 3. The van der Waals surface area contributed by atoms with E-state index in [0.717, 1.165) is 11.0 Å². The number of aromatic nitrogens is 2. The first-order valence-electron chi connectivity index (χ1n) is 4.73. The summed E-state index contributed by atoms with van der Waals surface area (Å²) >= 11 is 0. The molecule has 0 bridgehead atoms. The van der Waals surface area contributed by atoms with Gasteiger partial charge in [0.2, 0.25) is 0 Å². The number of nitrogens with zero attached hydrogens (tertiary/aromatic N) is 2. The maximum Gasteiger partial charge on any atom is 0.406 e. The number of hydrogen-bond donors (Lipinski definition) is 1. The number of rotatable bonds is 4. The molecule has 6 heteroatoms. The van der Waals surface area contributed by atoms with Crippen molar-refractivity contribution in [2.24, 2.45) is 5.73 Å². The van der Waals surface area contributed by atoms with E-state index < -0.39 is 12.7 Å². The number of hydrogen-bond acceptors (Lipinski definition) is 2. The van der Waals surface area contributed by atoms with E-state index in [1.54, 1.807) is 0 Å². The predicted molar refractivity (Wildman–Crippen MR) is 50.3 cm³/mol. The zero-order chi connectivity index (χ0) is 11.5. The molecule has 1 atom stereocenters. The number of halogens is 3. The SMILES string of the molecule is CCC(N)Cc1cn(CC(F)(F)F)cn1. The molecule has 0 saturated heterocycles. The predicted octanol–water partition coefficient (Wildman–Crippen LogP) is 1.73. The third kappa shape index (κ3) is 4.33. The van der Waals surface area contributed by atoms with Crippen LogP contribution in [-0.2, 0) is 13.0 Å². The molecule has 0 aliphatic rings. The monoisotopic (exact) mass is 221 g/mol. The summed E-state index contributed by atoms with van der Waals surface area (Å²) in [7, 11) is 0. The summed E-state index contributed by atoms with van der Waals surface area (Å²) in [6.07, 6.45) is -0.327. The molecule has 0 aromatic carbocycles. The van der Waals surface area contributed by atoms with Crippen molar-refractivity contribution in [2.75, 3.05) is 0 Å². The third-order valence-corrected chi connectivity index (χ3v) is 2.04. The van der Waals surface area contributed by atoms with Gasteiger partial charge in [0.15, 0.2) is 0 Å². The minimum atomic E-state index is -4.20. The maximum absolute atomic E-state index is 12.0. The van der Waals surface area contributed by atoms with Gasteiger partial charge in [-0.05, 0) is 6.42 Å². The summed E-state index contributed by atoms with van der Waals surface area (Å²) in [6.45, 7) is 0.929. The topological polar surface area (TPSA) is 43.8 Å². The zero-order valence-corrected chi connectivity index (χ0v) is 8.46. The van der Waals surface area contributed by atoms with Crippen LogP contribution in [0.3, 0.4) is 0 Å². The highest BCUT2D eigenvalue weighted by Gasteiger charge is 2.27. The van der Waals surface area contributed by atoms with E-state index in [0.29, 0.717) is 12.1 Å². The van der Waals surface area contributed by atoms with Crippen molar-refractivity contribution in [3.8, 4) is 0 Å². The third-order valence-electron chi connectivity index (χ3n) is 2.04. The molecule has 0 amide bonds. The first-order chi connectivity index (χ1) is 6.90. The highest BCUT2D eigenvalue weighted by molar-refractivity contribution is 4.99. The van der Waals surface area contributed by atoms with Gasteiger partial charge in [-0.2, -0.15) is 13.2 Å². The van der Waals surface area contributed by atoms with Gasteiger partial charge >= 0.3 is 6.18 Å². The standard InChI is InChI=1S/C9H14F3N3/c1-2-7(13)3-8-4-15(6-14-8)5-9(10,11)12/h4,6-7H,2-3,5,13H2,1H3. The van der Waals surface area contributed by atoms with E-state index in [4.69, 9.17) is 5.73 Å². The molecule has 0 fully saturated rings. The molecular formula is C9H14F3N3. The molecule has 0 aliphatic heterocycles. The lowest BCUT2D eigenvalue weighted by molar-refractivity contribution is -0.140. The van der Waals surface area contributed by atoms with Crippen LogP contribution in [0.1, 0.15) is 19.0 Å². The van der Waals surface area contributed by atoms with Crippen LogP contribution in [0.4, 0.5) is 13.2 Å². The van der Waals surface area contributed by atoms with E-state index >= 15 is 0 Å². The van der Waals surface area contributed by atoms with Crippen molar-refractivity contribution >= 4 is 0 Å². The molecule has 0 aliphatic carbocycles. The zero-order valence-electron chi connectivity index (χ0n) is 8.46. The highest BCUT2D eigenvalue weighted by Crippen LogP contribution is 2.17. The van der Waals surface area contributed by atoms with Gasteiger partial charge in [-0.25, -0.2) is 4.98 Å². The van der Waals surface area contributed by atoms with Gasteiger partial charge in [-0.15, -0.1) is 0 Å². The molecule has 1 aromatic heterocycles. The van der Waals surface area contributed by atoms with Crippen LogP contribution < -0.4 is 5.73 Å². The molecule has 1 unspecified atom stereocenters. The van der Waals surface area contributed by atoms with Gasteiger partial charge in [-0.1, -0.05) is 6.92 Å². The van der Waals surface area contributed by atoms with Crippen LogP contribution in [0.5, 0.6) is 0 Å². The molecular weight excluding hydrogens is 207 g/mol. The van der Waals surface area contributed by atoms with Crippen molar-refractivity contribution < 1.29 is 13.2 Å². The summed E-state index contributed by atoms with van der Waals surface area (Å²) in [5.41, 5.74) is 6.28. The van der Waals surface area contributed by atoms with Gasteiger partial charge in [0.25, 0.3) is 0 Å². The quantitative estimate of drug-likeness (QED) is 0.841. The smallest absolute Gasteiger partial charge is 0.328 e. The van der Waals surface area contributed by atoms with Gasteiger partial charge in [0.1, 0.15) is 6.54 Å². The van der Waals surface area contributed by atoms with Crippen LogP contribution in [0.15, 0.2) is 12.5 Å². The van der Waals surface area contributed by atoms with Gasteiger partial charge in [-0.3, -0.25) is 0 Å². The van der Waals surface area contributed by atoms with Crippen molar-refractivity contribution in [1.29, 1.82) is 0 Å². The molecule has 0 spiro atoms. The molecule has 15 heavy (non-hydrogen) atoms. The lowest BCUT2D eigenvalue weighted by Gasteiger charge is -2.06. The lowest BCUT2D eigenvalue weighted by atomic mass is 10.1. The fraction of sp³-hybridized carbons (Fsp3) is 0.667. The average Bonchev–Trinajstić information content (AvgIpc) is 2.49. The summed E-state index contributed by atoms with van der Waals surface area (Å²) < 4.78 is 37.0. The second kappa shape index (κ2) is 4.65. The second-order valence-electron chi connectivity index (χ2n) is 3.52.